The summed E-state index contributed by atoms with van der Waals surface area (Å²) in [5.74, 6) is -0.212. The molecule has 0 aliphatic heterocycles. The lowest BCUT2D eigenvalue weighted by atomic mass is 10.1. The predicted octanol–water partition coefficient (Wildman–Crippen LogP) is 2.61. The third-order valence-corrected chi connectivity index (χ3v) is 2.47. The average molecular weight is 289 g/mol. The van der Waals surface area contributed by atoms with E-state index in [0.29, 0.717) is 0 Å². The minimum atomic E-state index is -4.49. The van der Waals surface area contributed by atoms with E-state index in [2.05, 4.69) is 10.6 Å². The van der Waals surface area contributed by atoms with Gasteiger partial charge in [-0.05, 0) is 32.0 Å². The molecule has 0 fully saturated rings. The number of benzene rings is 1. The van der Waals surface area contributed by atoms with E-state index in [4.69, 9.17) is 5.73 Å². The number of rotatable bonds is 5. The van der Waals surface area contributed by atoms with Gasteiger partial charge in [0, 0.05) is 30.4 Å². The van der Waals surface area contributed by atoms with Crippen LogP contribution in [0.15, 0.2) is 18.2 Å². The molecular formula is C13H18F3N3O. The molecule has 0 atom stereocenters. The van der Waals surface area contributed by atoms with Crippen molar-refractivity contribution in [2.24, 2.45) is 0 Å². The lowest BCUT2D eigenvalue weighted by Gasteiger charge is -2.15. The van der Waals surface area contributed by atoms with E-state index in [1.165, 1.54) is 12.1 Å². The molecule has 112 valence electrons. The van der Waals surface area contributed by atoms with Gasteiger partial charge in [-0.3, -0.25) is 4.79 Å². The molecule has 0 aliphatic carbocycles. The van der Waals surface area contributed by atoms with Gasteiger partial charge < -0.3 is 16.4 Å². The second-order valence-corrected chi connectivity index (χ2v) is 4.70. The lowest BCUT2D eigenvalue weighted by Crippen LogP contribution is -2.31. The van der Waals surface area contributed by atoms with Gasteiger partial charge in [0.2, 0.25) is 5.91 Å². The molecule has 4 nitrogen and oxygen atoms in total. The first-order chi connectivity index (χ1) is 9.20. The number of halogens is 3. The fourth-order valence-electron chi connectivity index (χ4n) is 1.66. The summed E-state index contributed by atoms with van der Waals surface area (Å²) in [7, 11) is 0. The van der Waals surface area contributed by atoms with Gasteiger partial charge in [0.1, 0.15) is 0 Å². The van der Waals surface area contributed by atoms with Crippen molar-refractivity contribution in [2.45, 2.75) is 32.5 Å². The molecule has 1 aromatic rings. The smallest absolute Gasteiger partial charge is 0.399 e. The molecule has 1 amide bonds. The van der Waals surface area contributed by atoms with E-state index >= 15 is 0 Å². The van der Waals surface area contributed by atoms with E-state index in [1.54, 1.807) is 0 Å². The zero-order valence-corrected chi connectivity index (χ0v) is 11.3. The first kappa shape index (κ1) is 16.1. The fourth-order valence-corrected chi connectivity index (χ4v) is 1.66. The van der Waals surface area contributed by atoms with Crippen LogP contribution < -0.4 is 16.4 Å². The van der Waals surface area contributed by atoms with Crippen LogP contribution in [-0.4, -0.2) is 18.5 Å². The Balaban J connectivity index is 2.67. The Kier molecular flexibility index (Phi) is 5.24. The van der Waals surface area contributed by atoms with Crippen molar-refractivity contribution >= 4 is 17.3 Å². The van der Waals surface area contributed by atoms with Crippen molar-refractivity contribution in [3.8, 4) is 0 Å². The largest absolute Gasteiger partial charge is 0.418 e. The monoisotopic (exact) mass is 289 g/mol. The highest BCUT2D eigenvalue weighted by molar-refractivity contribution is 5.76. The van der Waals surface area contributed by atoms with Crippen LogP contribution in [0.4, 0.5) is 24.5 Å². The summed E-state index contributed by atoms with van der Waals surface area (Å²) in [5.41, 5.74) is 4.49. The molecule has 0 radical (unpaired) electrons. The first-order valence-corrected chi connectivity index (χ1v) is 6.20. The number of nitrogens with one attached hydrogen (secondary N) is 2. The van der Waals surface area contributed by atoms with E-state index < -0.39 is 11.7 Å². The highest BCUT2D eigenvalue weighted by Crippen LogP contribution is 2.35. The van der Waals surface area contributed by atoms with E-state index in [-0.39, 0.29) is 36.3 Å². The number of amides is 1. The molecule has 4 N–H and O–H groups in total. The van der Waals surface area contributed by atoms with Crippen LogP contribution >= 0.6 is 0 Å². The molecule has 1 aromatic carbocycles. The summed E-state index contributed by atoms with van der Waals surface area (Å²) in [5, 5.41) is 5.28. The molecule has 7 heteroatoms. The van der Waals surface area contributed by atoms with Gasteiger partial charge in [-0.25, -0.2) is 0 Å². The molecule has 1 rings (SSSR count). The Hall–Kier alpha value is -1.92. The highest BCUT2D eigenvalue weighted by Gasteiger charge is 2.33. The molecule has 0 spiro atoms. The summed E-state index contributed by atoms with van der Waals surface area (Å²) >= 11 is 0. The average Bonchev–Trinajstić information content (AvgIpc) is 2.28. The van der Waals surface area contributed by atoms with Crippen molar-refractivity contribution in [2.75, 3.05) is 17.6 Å². The van der Waals surface area contributed by atoms with Crippen molar-refractivity contribution in [1.82, 2.24) is 5.32 Å². The van der Waals surface area contributed by atoms with Gasteiger partial charge in [-0.1, -0.05) is 0 Å². The zero-order valence-electron chi connectivity index (χ0n) is 11.3. The predicted molar refractivity (Wildman–Crippen MR) is 72.2 cm³/mol. The standard InChI is InChI=1S/C13H18F3N3O/c1-8(2)19-12(20)5-6-18-11-4-3-9(17)7-10(11)13(14,15)16/h3-4,7-8,18H,5-6,17H2,1-2H3,(H,19,20). The Morgan fingerprint density at radius 2 is 2.00 bits per heavy atom. The Morgan fingerprint density at radius 1 is 1.35 bits per heavy atom. The van der Waals surface area contributed by atoms with E-state index in [0.717, 1.165) is 6.07 Å². The molecule has 0 saturated carbocycles. The van der Waals surface area contributed by atoms with E-state index in [1.807, 2.05) is 13.8 Å². The van der Waals surface area contributed by atoms with Crippen LogP contribution in [0, 0.1) is 0 Å². The lowest BCUT2D eigenvalue weighted by molar-refractivity contribution is -0.136. The van der Waals surface area contributed by atoms with Gasteiger partial charge in [-0.15, -0.1) is 0 Å². The van der Waals surface area contributed by atoms with Crippen molar-refractivity contribution in [3.05, 3.63) is 23.8 Å². The maximum Gasteiger partial charge on any atom is 0.418 e. The summed E-state index contributed by atoms with van der Waals surface area (Å²) in [6.07, 6.45) is -4.39. The number of nitrogens with two attached hydrogens (primary N) is 1. The second kappa shape index (κ2) is 6.49. The topological polar surface area (TPSA) is 67.2 Å². The summed E-state index contributed by atoms with van der Waals surface area (Å²) in [4.78, 5) is 11.4. The number of carbonyl (C=O) groups is 1. The number of carbonyl (C=O) groups excluding carboxylic acids is 1. The molecule has 0 bridgehead atoms. The van der Waals surface area contributed by atoms with Crippen LogP contribution in [0.5, 0.6) is 0 Å². The number of nitrogen functional groups attached to an aromatic ring is 1. The molecule has 0 heterocycles. The molecular weight excluding hydrogens is 271 g/mol. The fraction of sp³-hybridized carbons (Fsp3) is 0.462. The molecule has 0 saturated heterocycles. The van der Waals surface area contributed by atoms with Crippen LogP contribution in [0.3, 0.4) is 0 Å². The quantitative estimate of drug-likeness (QED) is 0.730. The van der Waals surface area contributed by atoms with Gasteiger partial charge in [0.05, 0.1) is 5.56 Å². The molecule has 20 heavy (non-hydrogen) atoms. The zero-order chi connectivity index (χ0) is 15.3. The maximum atomic E-state index is 12.8. The highest BCUT2D eigenvalue weighted by atomic mass is 19.4. The summed E-state index contributed by atoms with van der Waals surface area (Å²) in [6.45, 7) is 3.74. The minimum Gasteiger partial charge on any atom is -0.399 e. The van der Waals surface area contributed by atoms with Gasteiger partial charge in [0.25, 0.3) is 0 Å². The second-order valence-electron chi connectivity index (χ2n) is 4.70. The number of anilines is 2. The number of alkyl halides is 3. The maximum absolute atomic E-state index is 12.8. The molecule has 0 unspecified atom stereocenters. The van der Waals surface area contributed by atoms with Gasteiger partial charge in [0.15, 0.2) is 0 Å². The first-order valence-electron chi connectivity index (χ1n) is 6.20. The minimum absolute atomic E-state index is 0.00441. The number of hydrogen-bond acceptors (Lipinski definition) is 3. The van der Waals surface area contributed by atoms with Crippen molar-refractivity contribution < 1.29 is 18.0 Å². The van der Waals surface area contributed by atoms with Crippen molar-refractivity contribution in [3.63, 3.8) is 0 Å². The van der Waals surface area contributed by atoms with Gasteiger partial charge in [-0.2, -0.15) is 13.2 Å². The SMILES string of the molecule is CC(C)NC(=O)CCNc1ccc(N)cc1C(F)(F)F. The normalized spacial score (nSPS) is 11.5. The van der Waals surface area contributed by atoms with Crippen LogP contribution in [0.1, 0.15) is 25.8 Å². The number of hydrogen-bond donors (Lipinski definition) is 3. The van der Waals surface area contributed by atoms with Crippen LogP contribution in [0.25, 0.3) is 0 Å². The summed E-state index contributed by atoms with van der Waals surface area (Å²) in [6, 6.07) is 3.52. The third kappa shape index (κ3) is 4.99. The van der Waals surface area contributed by atoms with Crippen molar-refractivity contribution in [1.29, 1.82) is 0 Å². The Labute approximate surface area is 115 Å². The Morgan fingerprint density at radius 3 is 2.55 bits per heavy atom. The van der Waals surface area contributed by atoms with Crippen LogP contribution in [-0.2, 0) is 11.0 Å². The van der Waals surface area contributed by atoms with Gasteiger partial charge >= 0.3 is 6.18 Å². The molecule has 0 aliphatic rings. The molecule has 0 aromatic heterocycles. The Bertz CT molecular complexity index is 472. The van der Waals surface area contributed by atoms with E-state index in [9.17, 15) is 18.0 Å². The third-order valence-electron chi connectivity index (χ3n) is 2.47. The van der Waals surface area contributed by atoms with Crippen LogP contribution in [0.2, 0.25) is 0 Å². The summed E-state index contributed by atoms with van der Waals surface area (Å²) < 4.78 is 38.4.